The third-order valence-corrected chi connectivity index (χ3v) is 7.28. The van der Waals surface area contributed by atoms with Crippen molar-refractivity contribution in [3.05, 3.63) is 108 Å². The van der Waals surface area contributed by atoms with Crippen LogP contribution in [0.1, 0.15) is 30.9 Å². The number of fused-ring (bicyclic) bond motifs is 6. The van der Waals surface area contributed by atoms with E-state index in [4.69, 9.17) is 4.42 Å². The van der Waals surface area contributed by atoms with Gasteiger partial charge in [0.15, 0.2) is 5.58 Å². The number of rotatable bonds is 3. The van der Waals surface area contributed by atoms with Crippen LogP contribution in [0.2, 0.25) is 0 Å². The molecule has 0 spiro atoms. The molecule has 4 aromatic carbocycles. The molecule has 0 aliphatic rings. The van der Waals surface area contributed by atoms with E-state index < -0.39 is 0 Å². The zero-order chi connectivity index (χ0) is 25.1. The van der Waals surface area contributed by atoms with Gasteiger partial charge in [0.1, 0.15) is 17.3 Å². The van der Waals surface area contributed by atoms with Crippen LogP contribution in [0.5, 0.6) is 0 Å². The van der Waals surface area contributed by atoms with Gasteiger partial charge in [-0.15, -0.1) is 0 Å². The summed E-state index contributed by atoms with van der Waals surface area (Å²) in [4.78, 5) is 4.61. The van der Waals surface area contributed by atoms with Gasteiger partial charge in [-0.1, -0.05) is 62.4 Å². The van der Waals surface area contributed by atoms with E-state index in [1.54, 1.807) is 6.20 Å². The van der Waals surface area contributed by atoms with Gasteiger partial charge in [0.25, 0.3) is 0 Å². The lowest BCUT2D eigenvalue weighted by molar-refractivity contribution is 0.666. The molecule has 0 radical (unpaired) electrons. The Hall–Kier alpha value is -4.88. The predicted octanol–water partition coefficient (Wildman–Crippen LogP) is 8.74. The molecule has 0 aliphatic heterocycles. The second-order valence-electron chi connectivity index (χ2n) is 9.70. The lowest BCUT2D eigenvalue weighted by atomic mass is 9.94. The quantitative estimate of drug-likeness (QED) is 0.256. The van der Waals surface area contributed by atoms with Crippen molar-refractivity contribution in [3.8, 4) is 23.0 Å². The molecule has 4 nitrogen and oxygen atoms in total. The Morgan fingerprint density at radius 3 is 2.11 bits per heavy atom. The number of aromatic nitrogens is 2. The molecule has 37 heavy (non-hydrogen) atoms. The van der Waals surface area contributed by atoms with Gasteiger partial charge in [-0.05, 0) is 53.9 Å². The Kier molecular flexibility index (Phi) is 4.67. The van der Waals surface area contributed by atoms with E-state index >= 15 is 0 Å². The Labute approximate surface area is 214 Å². The number of nitriles is 1. The molecule has 0 atom stereocenters. The Balaban J connectivity index is 1.69. The first-order valence-corrected chi connectivity index (χ1v) is 12.5. The lowest BCUT2D eigenvalue weighted by Gasteiger charge is -2.11. The molecule has 7 rings (SSSR count). The van der Waals surface area contributed by atoms with Crippen LogP contribution in [0.25, 0.3) is 60.7 Å². The van der Waals surface area contributed by atoms with E-state index in [9.17, 15) is 5.26 Å². The van der Waals surface area contributed by atoms with Gasteiger partial charge in [0.05, 0.1) is 22.3 Å². The first kappa shape index (κ1) is 21.4. The molecule has 4 heteroatoms. The predicted molar refractivity (Wildman–Crippen MR) is 150 cm³/mol. The molecule has 3 heterocycles. The summed E-state index contributed by atoms with van der Waals surface area (Å²) in [5.74, 6) is 0.299. The highest BCUT2D eigenvalue weighted by Gasteiger charge is 2.24. The summed E-state index contributed by atoms with van der Waals surface area (Å²) in [7, 11) is 0. The largest absolute Gasteiger partial charge is 0.453 e. The van der Waals surface area contributed by atoms with Gasteiger partial charge >= 0.3 is 0 Å². The van der Waals surface area contributed by atoms with Gasteiger partial charge in [-0.25, -0.2) is 0 Å². The molecule has 0 N–H and O–H groups in total. The monoisotopic (exact) mass is 477 g/mol. The van der Waals surface area contributed by atoms with Gasteiger partial charge in [-0.2, -0.15) is 5.26 Å². The molecule has 7 aromatic rings. The van der Waals surface area contributed by atoms with Crippen molar-refractivity contribution in [1.29, 1.82) is 5.26 Å². The highest BCUT2D eigenvalue weighted by Crippen LogP contribution is 2.44. The minimum absolute atomic E-state index is 0.299. The minimum Gasteiger partial charge on any atom is -0.453 e. The maximum Gasteiger partial charge on any atom is 0.160 e. The summed E-state index contributed by atoms with van der Waals surface area (Å²) >= 11 is 0. The first-order chi connectivity index (χ1) is 18.2. The van der Waals surface area contributed by atoms with Gasteiger partial charge in [-0.3, -0.25) is 4.98 Å². The maximum absolute atomic E-state index is 10.3. The van der Waals surface area contributed by atoms with Crippen molar-refractivity contribution in [1.82, 2.24) is 9.55 Å². The number of hydrogen-bond acceptors (Lipinski definition) is 3. The fraction of sp³-hybridized carbons (Fsp3) is 0.0909. The van der Waals surface area contributed by atoms with E-state index in [2.05, 4.69) is 78.0 Å². The zero-order valence-electron chi connectivity index (χ0n) is 20.6. The van der Waals surface area contributed by atoms with Crippen molar-refractivity contribution in [2.45, 2.75) is 19.8 Å². The summed E-state index contributed by atoms with van der Waals surface area (Å²) in [6, 6.07) is 33.3. The smallest absolute Gasteiger partial charge is 0.160 e. The number of para-hydroxylation sites is 2. The van der Waals surface area contributed by atoms with Crippen LogP contribution >= 0.6 is 0 Å². The molecule has 176 valence electrons. The van der Waals surface area contributed by atoms with E-state index in [-0.39, 0.29) is 0 Å². The van der Waals surface area contributed by atoms with Crippen LogP contribution in [-0.4, -0.2) is 9.55 Å². The summed E-state index contributed by atoms with van der Waals surface area (Å²) in [5, 5.41) is 14.6. The van der Waals surface area contributed by atoms with Crippen LogP contribution < -0.4 is 0 Å². The summed E-state index contributed by atoms with van der Waals surface area (Å²) in [5.41, 5.74) is 7.97. The van der Waals surface area contributed by atoms with E-state index in [1.165, 1.54) is 5.56 Å². The molecule has 0 fully saturated rings. The molecule has 0 amide bonds. The summed E-state index contributed by atoms with van der Waals surface area (Å²) < 4.78 is 9.00. The van der Waals surface area contributed by atoms with Crippen molar-refractivity contribution in [3.63, 3.8) is 0 Å². The molecule has 0 saturated heterocycles. The number of furan rings is 1. The SMILES string of the molecule is CC(C)c1ccc(-c2ccccn2)c2oc3c(-n4c5ccccc5c5ccccc54)c(C#N)ccc3c12. The van der Waals surface area contributed by atoms with Gasteiger partial charge in [0.2, 0.25) is 0 Å². The zero-order valence-corrected chi connectivity index (χ0v) is 20.6. The second-order valence-corrected chi connectivity index (χ2v) is 9.70. The van der Waals surface area contributed by atoms with Crippen LogP contribution in [0.15, 0.2) is 102 Å². The van der Waals surface area contributed by atoms with Crippen LogP contribution in [0.3, 0.4) is 0 Å². The molecule has 0 unspecified atom stereocenters. The van der Waals surface area contributed by atoms with Gasteiger partial charge < -0.3 is 8.98 Å². The fourth-order valence-electron chi connectivity index (χ4n) is 5.64. The maximum atomic E-state index is 10.3. The highest BCUT2D eigenvalue weighted by atomic mass is 16.3. The Bertz CT molecular complexity index is 1970. The van der Waals surface area contributed by atoms with E-state index in [0.29, 0.717) is 17.1 Å². The topological polar surface area (TPSA) is 54.8 Å². The van der Waals surface area contributed by atoms with Crippen LogP contribution in [0.4, 0.5) is 0 Å². The standard InChI is InChI=1S/C33H23N3O/c1-20(2)22-16-17-25(27-11-7-8-18-35-27)32-30(22)26-15-14-21(19-34)31(33(26)37-32)36-28-12-5-3-9-23(28)24-10-4-6-13-29(24)36/h3-18,20H,1-2H3. The van der Waals surface area contributed by atoms with Crippen molar-refractivity contribution >= 4 is 43.7 Å². The van der Waals surface area contributed by atoms with Crippen LogP contribution in [-0.2, 0) is 0 Å². The van der Waals surface area contributed by atoms with Crippen LogP contribution in [0, 0.1) is 11.3 Å². The molecule has 0 saturated carbocycles. The Morgan fingerprint density at radius 2 is 1.46 bits per heavy atom. The Morgan fingerprint density at radius 1 is 0.757 bits per heavy atom. The minimum atomic E-state index is 0.299. The molecule has 0 aliphatic carbocycles. The molecular formula is C33H23N3O. The van der Waals surface area contributed by atoms with Gasteiger partial charge in [0, 0.05) is 33.3 Å². The van der Waals surface area contributed by atoms with E-state index in [1.807, 2.05) is 42.5 Å². The average molecular weight is 478 g/mol. The molecule has 0 bridgehead atoms. The van der Waals surface area contributed by atoms with Crippen molar-refractivity contribution < 1.29 is 4.42 Å². The fourth-order valence-corrected chi connectivity index (χ4v) is 5.64. The first-order valence-electron chi connectivity index (χ1n) is 12.5. The lowest BCUT2D eigenvalue weighted by Crippen LogP contribution is -1.98. The number of benzene rings is 4. The highest BCUT2D eigenvalue weighted by molar-refractivity contribution is 6.16. The molecular weight excluding hydrogens is 454 g/mol. The number of pyridine rings is 1. The normalized spacial score (nSPS) is 11.7. The van der Waals surface area contributed by atoms with Crippen molar-refractivity contribution in [2.24, 2.45) is 0 Å². The van der Waals surface area contributed by atoms with Crippen molar-refractivity contribution in [2.75, 3.05) is 0 Å². The number of hydrogen-bond donors (Lipinski definition) is 0. The third-order valence-electron chi connectivity index (χ3n) is 7.28. The number of nitrogens with zero attached hydrogens (tertiary/aromatic N) is 3. The van der Waals surface area contributed by atoms with E-state index in [0.717, 1.165) is 55.1 Å². The summed E-state index contributed by atoms with van der Waals surface area (Å²) in [6.07, 6.45) is 1.80. The second kappa shape index (κ2) is 8.08. The average Bonchev–Trinajstić information content (AvgIpc) is 3.49. The molecule has 3 aromatic heterocycles. The third kappa shape index (κ3) is 3.04. The summed E-state index contributed by atoms with van der Waals surface area (Å²) in [6.45, 7) is 4.40.